The molecule has 1 aromatic rings. The Balaban J connectivity index is 3.25. The van der Waals surface area contributed by atoms with E-state index >= 15 is 0 Å². The van der Waals surface area contributed by atoms with Crippen LogP contribution in [0.15, 0.2) is 17.0 Å². The zero-order valence-electron chi connectivity index (χ0n) is 13.4. The van der Waals surface area contributed by atoms with E-state index < -0.39 is 27.0 Å². The highest BCUT2D eigenvalue weighted by Crippen LogP contribution is 2.26. The number of nitrogens with one attached hydrogen (secondary N) is 1. The highest BCUT2D eigenvalue weighted by Gasteiger charge is 2.28. The van der Waals surface area contributed by atoms with Gasteiger partial charge in [0.05, 0.1) is 9.82 Å². The van der Waals surface area contributed by atoms with Crippen LogP contribution in [0.4, 0.5) is 5.69 Å². The van der Waals surface area contributed by atoms with Crippen LogP contribution in [0.2, 0.25) is 0 Å². The Morgan fingerprint density at radius 2 is 1.87 bits per heavy atom. The number of carboxylic acid groups (broad SMARTS) is 1. The van der Waals surface area contributed by atoms with Gasteiger partial charge in [-0.25, -0.2) is 8.42 Å². The van der Waals surface area contributed by atoms with Gasteiger partial charge < -0.3 is 5.11 Å². The molecule has 0 aliphatic carbocycles. The zero-order chi connectivity index (χ0) is 17.9. The molecule has 0 radical (unpaired) electrons. The topological polar surface area (TPSA) is 127 Å². The van der Waals surface area contributed by atoms with Crippen molar-refractivity contribution in [3.8, 4) is 0 Å². The summed E-state index contributed by atoms with van der Waals surface area (Å²) >= 11 is 0. The molecule has 0 aromatic heterocycles. The third kappa shape index (κ3) is 4.73. The molecule has 2 N–H and O–H groups in total. The predicted octanol–water partition coefficient (Wildman–Crippen LogP) is 1.99. The summed E-state index contributed by atoms with van der Waals surface area (Å²) in [5.74, 6) is -1.28. The largest absolute Gasteiger partial charge is 0.480 e. The molecule has 128 valence electrons. The van der Waals surface area contributed by atoms with E-state index in [9.17, 15) is 23.3 Å². The number of rotatable bonds is 7. The van der Waals surface area contributed by atoms with Crippen LogP contribution in [0.3, 0.4) is 0 Å². The van der Waals surface area contributed by atoms with Crippen molar-refractivity contribution in [1.29, 1.82) is 0 Å². The molecule has 0 heterocycles. The second-order valence-electron chi connectivity index (χ2n) is 5.80. The summed E-state index contributed by atoms with van der Waals surface area (Å²) in [6, 6.07) is 1.10. The minimum Gasteiger partial charge on any atom is -0.480 e. The number of hydrogen-bond donors (Lipinski definition) is 2. The van der Waals surface area contributed by atoms with Crippen molar-refractivity contribution in [2.45, 2.75) is 45.1 Å². The molecule has 0 aliphatic heterocycles. The number of carboxylic acids is 1. The first-order valence-electron chi connectivity index (χ1n) is 6.96. The summed E-state index contributed by atoms with van der Waals surface area (Å²) < 4.78 is 27.0. The summed E-state index contributed by atoms with van der Waals surface area (Å²) in [5.41, 5.74) is 0.193. The quantitative estimate of drug-likeness (QED) is 0.575. The van der Waals surface area contributed by atoms with Gasteiger partial charge in [0.15, 0.2) is 0 Å². The Hall–Kier alpha value is -2.00. The number of sulfonamides is 1. The van der Waals surface area contributed by atoms with Gasteiger partial charge in [0, 0.05) is 11.6 Å². The average Bonchev–Trinajstić information content (AvgIpc) is 2.38. The van der Waals surface area contributed by atoms with Crippen molar-refractivity contribution in [3.63, 3.8) is 0 Å². The standard InChI is InChI=1S/C14H20N2O6S/c1-8(2)5-11(14(17)18)15-23(21,22)13-7-9(3)12(16(19)20)6-10(13)4/h6-8,11,15H,5H2,1-4H3,(H,17,18)/t11-/m0/s1. The van der Waals surface area contributed by atoms with Crippen LogP contribution in [-0.2, 0) is 14.8 Å². The molecule has 0 aliphatic rings. The van der Waals surface area contributed by atoms with E-state index in [0.717, 1.165) is 0 Å². The van der Waals surface area contributed by atoms with Gasteiger partial charge in [-0.3, -0.25) is 14.9 Å². The maximum absolute atomic E-state index is 12.4. The number of nitro benzene ring substituents is 1. The Kier molecular flexibility index (Phi) is 5.84. The fourth-order valence-corrected chi connectivity index (χ4v) is 3.70. The number of benzene rings is 1. The predicted molar refractivity (Wildman–Crippen MR) is 83.8 cm³/mol. The van der Waals surface area contributed by atoms with Gasteiger partial charge in [0.25, 0.3) is 5.69 Å². The third-order valence-corrected chi connectivity index (χ3v) is 4.90. The molecule has 1 rings (SSSR count). The smallest absolute Gasteiger partial charge is 0.321 e. The molecule has 23 heavy (non-hydrogen) atoms. The molecule has 0 unspecified atom stereocenters. The Labute approximate surface area is 134 Å². The van der Waals surface area contributed by atoms with E-state index in [4.69, 9.17) is 5.11 Å². The first-order valence-corrected chi connectivity index (χ1v) is 8.44. The number of nitrogens with zero attached hydrogens (tertiary/aromatic N) is 1. The minimum absolute atomic E-state index is 0.0153. The monoisotopic (exact) mass is 344 g/mol. The van der Waals surface area contributed by atoms with Gasteiger partial charge in [0.2, 0.25) is 10.0 Å². The van der Waals surface area contributed by atoms with Crippen LogP contribution in [0.1, 0.15) is 31.4 Å². The molecule has 0 amide bonds. The van der Waals surface area contributed by atoms with Crippen molar-refractivity contribution >= 4 is 21.7 Å². The molecule has 0 saturated carbocycles. The van der Waals surface area contributed by atoms with Crippen molar-refractivity contribution < 1.29 is 23.2 Å². The lowest BCUT2D eigenvalue weighted by atomic mass is 10.1. The molecule has 1 atom stereocenters. The first kappa shape index (κ1) is 19.0. The molecule has 0 saturated heterocycles. The Morgan fingerprint density at radius 1 is 1.30 bits per heavy atom. The van der Waals surface area contributed by atoms with E-state index in [1.165, 1.54) is 26.0 Å². The minimum atomic E-state index is -4.10. The number of nitro groups is 1. The van der Waals surface area contributed by atoms with E-state index in [0.29, 0.717) is 0 Å². The third-order valence-electron chi connectivity index (χ3n) is 3.28. The van der Waals surface area contributed by atoms with E-state index in [1.807, 2.05) is 0 Å². The molecule has 8 nitrogen and oxygen atoms in total. The lowest BCUT2D eigenvalue weighted by Gasteiger charge is -2.17. The fraction of sp³-hybridized carbons (Fsp3) is 0.500. The Morgan fingerprint density at radius 3 is 2.30 bits per heavy atom. The maximum Gasteiger partial charge on any atom is 0.321 e. The summed E-state index contributed by atoms with van der Waals surface area (Å²) in [5, 5.41) is 20.0. The van der Waals surface area contributed by atoms with Gasteiger partial charge in [-0.15, -0.1) is 0 Å². The second-order valence-corrected chi connectivity index (χ2v) is 7.49. The molecular weight excluding hydrogens is 324 g/mol. The van der Waals surface area contributed by atoms with Crippen molar-refractivity contribution in [2.75, 3.05) is 0 Å². The van der Waals surface area contributed by atoms with E-state index in [-0.39, 0.29) is 34.0 Å². The van der Waals surface area contributed by atoms with Crippen molar-refractivity contribution in [2.24, 2.45) is 5.92 Å². The van der Waals surface area contributed by atoms with Gasteiger partial charge in [0.1, 0.15) is 6.04 Å². The summed E-state index contributed by atoms with van der Waals surface area (Å²) in [6.07, 6.45) is 0.138. The van der Waals surface area contributed by atoms with Crippen LogP contribution in [0.5, 0.6) is 0 Å². The zero-order valence-corrected chi connectivity index (χ0v) is 14.2. The SMILES string of the molecule is Cc1cc(S(=O)(=O)N[C@@H](CC(C)C)C(=O)O)c(C)cc1[N+](=O)[O-]. The maximum atomic E-state index is 12.4. The molecule has 9 heteroatoms. The molecule has 1 aromatic carbocycles. The summed E-state index contributed by atoms with van der Waals surface area (Å²) in [6.45, 7) is 6.43. The summed E-state index contributed by atoms with van der Waals surface area (Å²) in [7, 11) is -4.10. The van der Waals surface area contributed by atoms with Gasteiger partial charge in [-0.2, -0.15) is 4.72 Å². The number of hydrogen-bond acceptors (Lipinski definition) is 5. The lowest BCUT2D eigenvalue weighted by Crippen LogP contribution is -2.41. The van der Waals surface area contributed by atoms with Crippen LogP contribution < -0.4 is 4.72 Å². The highest BCUT2D eigenvalue weighted by molar-refractivity contribution is 7.89. The summed E-state index contributed by atoms with van der Waals surface area (Å²) in [4.78, 5) is 21.4. The lowest BCUT2D eigenvalue weighted by molar-refractivity contribution is -0.385. The van der Waals surface area contributed by atoms with Gasteiger partial charge >= 0.3 is 5.97 Å². The molecule has 0 fully saturated rings. The van der Waals surface area contributed by atoms with Gasteiger partial charge in [-0.05, 0) is 37.8 Å². The number of aliphatic carboxylic acids is 1. The number of aryl methyl sites for hydroxylation is 2. The van der Waals surface area contributed by atoms with Gasteiger partial charge in [-0.1, -0.05) is 13.8 Å². The second kappa shape index (κ2) is 7.05. The van der Waals surface area contributed by atoms with Crippen LogP contribution >= 0.6 is 0 Å². The van der Waals surface area contributed by atoms with Crippen molar-refractivity contribution in [1.82, 2.24) is 4.72 Å². The average molecular weight is 344 g/mol. The molecule has 0 bridgehead atoms. The van der Waals surface area contributed by atoms with E-state index in [2.05, 4.69) is 4.72 Å². The van der Waals surface area contributed by atoms with Crippen LogP contribution in [0.25, 0.3) is 0 Å². The van der Waals surface area contributed by atoms with E-state index in [1.54, 1.807) is 13.8 Å². The fourth-order valence-electron chi connectivity index (χ4n) is 2.18. The molecule has 0 spiro atoms. The van der Waals surface area contributed by atoms with Crippen LogP contribution in [0, 0.1) is 29.9 Å². The van der Waals surface area contributed by atoms with Crippen molar-refractivity contribution in [3.05, 3.63) is 33.4 Å². The van der Waals surface area contributed by atoms with Crippen LogP contribution in [-0.4, -0.2) is 30.5 Å². The normalized spacial score (nSPS) is 13.1. The number of carbonyl (C=O) groups is 1. The first-order chi connectivity index (χ1) is 10.5. The molecular formula is C14H20N2O6S. The highest BCUT2D eigenvalue weighted by atomic mass is 32.2. The Bertz CT molecular complexity index is 727.